The second-order valence-electron chi connectivity index (χ2n) is 3.56. The van der Waals surface area contributed by atoms with E-state index in [9.17, 15) is 4.79 Å². The van der Waals surface area contributed by atoms with Crippen molar-refractivity contribution < 1.29 is 9.53 Å². The molecule has 1 heterocycles. The quantitative estimate of drug-likeness (QED) is 0.790. The maximum Gasteiger partial charge on any atom is 0.138 e. The van der Waals surface area contributed by atoms with Crippen LogP contribution >= 0.6 is 27.5 Å². The largest absolute Gasteiger partial charge is 0.373 e. The van der Waals surface area contributed by atoms with Crippen LogP contribution in [0.25, 0.3) is 0 Å². The number of hydrogen-bond acceptors (Lipinski definition) is 2. The van der Waals surface area contributed by atoms with Crippen molar-refractivity contribution in [3.63, 3.8) is 0 Å². The number of halogens is 2. The fourth-order valence-corrected chi connectivity index (χ4v) is 2.54. The zero-order chi connectivity index (χ0) is 10.8. The molecule has 4 heteroatoms. The highest BCUT2D eigenvalue weighted by atomic mass is 79.9. The fraction of sp³-hybridized carbons (Fsp3) is 0.364. The molecule has 0 saturated carbocycles. The molecule has 80 valence electrons. The van der Waals surface area contributed by atoms with Gasteiger partial charge in [0.2, 0.25) is 0 Å². The number of ketones is 1. The van der Waals surface area contributed by atoms with E-state index in [0.717, 1.165) is 10.0 Å². The Balaban J connectivity index is 2.24. The Labute approximate surface area is 102 Å². The van der Waals surface area contributed by atoms with Crippen molar-refractivity contribution in [1.29, 1.82) is 0 Å². The lowest BCUT2D eigenvalue weighted by molar-refractivity contribution is -0.128. The molecule has 0 aromatic heterocycles. The number of rotatable bonds is 1. The van der Waals surface area contributed by atoms with Crippen LogP contribution in [0.3, 0.4) is 0 Å². The lowest BCUT2D eigenvalue weighted by Gasteiger charge is -2.22. The second-order valence-corrected chi connectivity index (χ2v) is 4.91. The van der Waals surface area contributed by atoms with E-state index in [1.54, 1.807) is 0 Å². The normalized spacial score (nSPS) is 21.7. The van der Waals surface area contributed by atoms with E-state index < -0.39 is 0 Å². The molecule has 1 aromatic carbocycles. The van der Waals surface area contributed by atoms with Crippen LogP contribution in [0, 0.1) is 0 Å². The molecule has 2 rings (SSSR count). The summed E-state index contributed by atoms with van der Waals surface area (Å²) < 4.78 is 6.45. The molecule has 1 atom stereocenters. The SMILES string of the molecule is O=C1CCOC(c2cc(Cl)cc(Br)c2)C1. The molecule has 1 aliphatic rings. The van der Waals surface area contributed by atoms with E-state index in [0.29, 0.717) is 24.5 Å². The van der Waals surface area contributed by atoms with Gasteiger partial charge in [-0.25, -0.2) is 0 Å². The van der Waals surface area contributed by atoms with Crippen LogP contribution in [0.15, 0.2) is 22.7 Å². The van der Waals surface area contributed by atoms with Gasteiger partial charge in [-0.2, -0.15) is 0 Å². The molecule has 0 radical (unpaired) electrons. The van der Waals surface area contributed by atoms with Crippen molar-refractivity contribution in [2.45, 2.75) is 18.9 Å². The number of hydrogen-bond donors (Lipinski definition) is 0. The predicted molar refractivity (Wildman–Crippen MR) is 62.1 cm³/mol. The van der Waals surface area contributed by atoms with Gasteiger partial charge in [0.25, 0.3) is 0 Å². The maximum absolute atomic E-state index is 11.3. The Kier molecular flexibility index (Phi) is 3.44. The van der Waals surface area contributed by atoms with E-state index >= 15 is 0 Å². The number of carbonyl (C=O) groups excluding carboxylic acids is 1. The molecule has 2 nitrogen and oxygen atoms in total. The minimum Gasteiger partial charge on any atom is -0.373 e. The average molecular weight is 290 g/mol. The fourth-order valence-electron chi connectivity index (χ4n) is 1.66. The van der Waals surface area contributed by atoms with E-state index in [4.69, 9.17) is 16.3 Å². The van der Waals surface area contributed by atoms with Crippen LogP contribution < -0.4 is 0 Å². The Morgan fingerprint density at radius 3 is 2.87 bits per heavy atom. The van der Waals surface area contributed by atoms with E-state index in [1.807, 2.05) is 18.2 Å². The molecular weight excluding hydrogens is 279 g/mol. The highest BCUT2D eigenvalue weighted by Crippen LogP contribution is 2.30. The van der Waals surface area contributed by atoms with E-state index in [1.165, 1.54) is 0 Å². The highest BCUT2D eigenvalue weighted by Gasteiger charge is 2.22. The van der Waals surface area contributed by atoms with Crippen LogP contribution in [0.1, 0.15) is 24.5 Å². The van der Waals surface area contributed by atoms with Gasteiger partial charge < -0.3 is 4.74 Å². The van der Waals surface area contributed by atoms with Crippen LogP contribution in [0.2, 0.25) is 5.02 Å². The van der Waals surface area contributed by atoms with Crippen LogP contribution in [0.5, 0.6) is 0 Å². The summed E-state index contributed by atoms with van der Waals surface area (Å²) >= 11 is 9.31. The zero-order valence-electron chi connectivity index (χ0n) is 8.00. The van der Waals surface area contributed by atoms with Crippen molar-refractivity contribution in [3.05, 3.63) is 33.3 Å². The topological polar surface area (TPSA) is 26.3 Å². The van der Waals surface area contributed by atoms with Gasteiger partial charge in [0.15, 0.2) is 0 Å². The molecule has 0 N–H and O–H groups in total. The van der Waals surface area contributed by atoms with Gasteiger partial charge in [0.05, 0.1) is 12.7 Å². The summed E-state index contributed by atoms with van der Waals surface area (Å²) in [6, 6.07) is 5.60. The lowest BCUT2D eigenvalue weighted by atomic mass is 10.0. The van der Waals surface area contributed by atoms with Crippen LogP contribution in [-0.4, -0.2) is 12.4 Å². The first-order chi connectivity index (χ1) is 7.15. The molecule has 1 aliphatic heterocycles. The summed E-state index contributed by atoms with van der Waals surface area (Å²) in [6.07, 6.45) is 0.839. The third-order valence-electron chi connectivity index (χ3n) is 2.37. The number of carbonyl (C=O) groups is 1. The minimum absolute atomic E-state index is 0.138. The van der Waals surface area contributed by atoms with Gasteiger partial charge in [-0.15, -0.1) is 0 Å². The third-order valence-corrected chi connectivity index (χ3v) is 3.05. The summed E-state index contributed by atoms with van der Waals surface area (Å²) in [5, 5.41) is 0.654. The molecule has 15 heavy (non-hydrogen) atoms. The maximum atomic E-state index is 11.3. The van der Waals surface area contributed by atoms with Gasteiger partial charge >= 0.3 is 0 Å². The number of ether oxygens (including phenoxy) is 1. The minimum atomic E-state index is -0.138. The summed E-state index contributed by atoms with van der Waals surface area (Å²) in [7, 11) is 0. The molecule has 1 fully saturated rings. The standard InChI is InChI=1S/C11H10BrClO2/c12-8-3-7(4-9(13)5-8)11-6-10(14)1-2-15-11/h3-5,11H,1-2,6H2. The third kappa shape index (κ3) is 2.80. The van der Waals surface area contributed by atoms with Crippen LogP contribution in [0.4, 0.5) is 0 Å². The van der Waals surface area contributed by atoms with Gasteiger partial charge in [0.1, 0.15) is 5.78 Å². The first kappa shape index (κ1) is 11.1. The van der Waals surface area contributed by atoms with Crippen molar-refractivity contribution in [2.24, 2.45) is 0 Å². The Bertz CT molecular complexity index is 372. The lowest BCUT2D eigenvalue weighted by Crippen LogP contribution is -2.19. The smallest absolute Gasteiger partial charge is 0.138 e. The van der Waals surface area contributed by atoms with Gasteiger partial charge in [-0.3, -0.25) is 4.79 Å². The highest BCUT2D eigenvalue weighted by molar-refractivity contribution is 9.10. The summed E-state index contributed by atoms with van der Waals surface area (Å²) in [5.74, 6) is 0.252. The van der Waals surface area contributed by atoms with E-state index in [-0.39, 0.29) is 11.9 Å². The molecule has 0 bridgehead atoms. The monoisotopic (exact) mass is 288 g/mol. The van der Waals surface area contributed by atoms with Crippen LogP contribution in [-0.2, 0) is 9.53 Å². The predicted octanol–water partition coefficient (Wildman–Crippen LogP) is 3.52. The summed E-state index contributed by atoms with van der Waals surface area (Å²) in [5.41, 5.74) is 0.961. The molecule has 1 saturated heterocycles. The number of benzene rings is 1. The summed E-state index contributed by atoms with van der Waals surface area (Å²) in [4.78, 5) is 11.3. The first-order valence-electron chi connectivity index (χ1n) is 4.74. The molecule has 0 spiro atoms. The zero-order valence-corrected chi connectivity index (χ0v) is 10.3. The van der Waals surface area contributed by atoms with E-state index in [2.05, 4.69) is 15.9 Å². The Morgan fingerprint density at radius 2 is 2.20 bits per heavy atom. The van der Waals surface area contributed by atoms with Gasteiger partial charge in [-0.1, -0.05) is 27.5 Å². The Hall–Kier alpha value is -0.380. The van der Waals surface area contributed by atoms with Crippen molar-refractivity contribution in [3.8, 4) is 0 Å². The molecule has 0 aliphatic carbocycles. The first-order valence-corrected chi connectivity index (χ1v) is 5.91. The van der Waals surface area contributed by atoms with Crippen molar-refractivity contribution >= 4 is 33.3 Å². The second kappa shape index (κ2) is 4.64. The molecule has 0 amide bonds. The van der Waals surface area contributed by atoms with Crippen molar-refractivity contribution in [1.82, 2.24) is 0 Å². The molecular formula is C11H10BrClO2. The molecule has 1 aromatic rings. The summed E-state index contributed by atoms with van der Waals surface area (Å²) in [6.45, 7) is 0.508. The van der Waals surface area contributed by atoms with Gasteiger partial charge in [-0.05, 0) is 23.8 Å². The Morgan fingerprint density at radius 1 is 1.40 bits per heavy atom. The average Bonchev–Trinajstić information content (AvgIpc) is 2.16. The molecule has 1 unspecified atom stereocenters. The van der Waals surface area contributed by atoms with Crippen molar-refractivity contribution in [2.75, 3.05) is 6.61 Å². The number of Topliss-reactive ketones (excluding diaryl/α,β-unsaturated/α-hetero) is 1. The van der Waals surface area contributed by atoms with Gasteiger partial charge in [0, 0.05) is 22.3 Å².